The van der Waals surface area contributed by atoms with Crippen molar-refractivity contribution in [1.82, 2.24) is 5.32 Å². The predicted molar refractivity (Wildman–Crippen MR) is 105 cm³/mol. The monoisotopic (exact) mass is 473 g/mol. The molecule has 4 nitrogen and oxygen atoms in total. The fourth-order valence-corrected chi connectivity index (χ4v) is 4.58. The molecule has 1 amide bonds. The number of benzene rings is 2. The first-order chi connectivity index (χ1) is 15.4. The molecule has 0 radical (unpaired) electrons. The molecule has 1 aliphatic heterocycles. The Morgan fingerprint density at radius 3 is 2.18 bits per heavy atom. The van der Waals surface area contributed by atoms with E-state index in [2.05, 4.69) is 5.32 Å². The Morgan fingerprint density at radius 1 is 1.03 bits per heavy atom. The number of fused-ring (bicyclic) bond motifs is 1. The van der Waals surface area contributed by atoms with E-state index >= 15 is 0 Å². The molecule has 4 atom stereocenters. The predicted octanol–water partition coefficient (Wildman–Crippen LogP) is 6.01. The van der Waals surface area contributed by atoms with Crippen LogP contribution in [0.15, 0.2) is 48.5 Å². The van der Waals surface area contributed by atoms with Crippen molar-refractivity contribution in [3.8, 4) is 0 Å². The van der Waals surface area contributed by atoms with Gasteiger partial charge in [-0.15, -0.1) is 0 Å². The van der Waals surface area contributed by atoms with Gasteiger partial charge in [0.2, 0.25) is 0 Å². The summed E-state index contributed by atoms with van der Waals surface area (Å²) in [7, 11) is 0. The standard InChI is InChI=1S/C23H21F6NO3/c1-13(14-7-16(22(24,25)26)9-17(8-14)23(27,28)29)32-12-21(15-5-3-2-4-6-15)10-18-19(11-21)33-20(31)30-18/h2-9,13,18-19H,10-12H2,1H3,(H,30,31)/t13-,18+,19-,21+/m1/s1. The molecule has 2 aliphatic rings. The molecule has 2 aromatic carbocycles. The first kappa shape index (κ1) is 23.4. The smallest absolute Gasteiger partial charge is 0.416 e. The van der Waals surface area contributed by atoms with Crippen LogP contribution in [0.5, 0.6) is 0 Å². The van der Waals surface area contributed by atoms with Gasteiger partial charge in [-0.3, -0.25) is 0 Å². The van der Waals surface area contributed by atoms with E-state index in [-0.39, 0.29) is 30.4 Å². The largest absolute Gasteiger partial charge is 0.444 e. The Labute approximate surface area is 185 Å². The van der Waals surface area contributed by atoms with Gasteiger partial charge in [-0.05, 0) is 49.1 Å². The van der Waals surface area contributed by atoms with Crippen LogP contribution in [0.3, 0.4) is 0 Å². The number of rotatable bonds is 5. The zero-order valence-corrected chi connectivity index (χ0v) is 17.5. The third-order valence-corrected chi connectivity index (χ3v) is 6.29. The lowest BCUT2D eigenvalue weighted by Gasteiger charge is -2.32. The maximum Gasteiger partial charge on any atom is 0.416 e. The number of alkyl carbamates (subject to hydrolysis) is 1. The Bertz CT molecular complexity index is 973. The molecule has 1 saturated carbocycles. The molecular formula is C23H21F6NO3. The lowest BCUT2D eigenvalue weighted by Crippen LogP contribution is -2.34. The molecular weight excluding hydrogens is 452 g/mol. The summed E-state index contributed by atoms with van der Waals surface area (Å²) in [6, 6.07) is 10.5. The molecule has 33 heavy (non-hydrogen) atoms. The first-order valence-electron chi connectivity index (χ1n) is 10.3. The summed E-state index contributed by atoms with van der Waals surface area (Å²) in [5.74, 6) is 0. The molecule has 2 fully saturated rings. The number of hydrogen-bond acceptors (Lipinski definition) is 3. The van der Waals surface area contributed by atoms with Crippen molar-refractivity contribution in [3.63, 3.8) is 0 Å². The zero-order chi connectivity index (χ0) is 24.0. The van der Waals surface area contributed by atoms with Gasteiger partial charge in [0.15, 0.2) is 0 Å². The minimum Gasteiger partial charge on any atom is -0.444 e. The lowest BCUT2D eigenvalue weighted by molar-refractivity contribution is -0.143. The molecule has 1 N–H and O–H groups in total. The van der Waals surface area contributed by atoms with Gasteiger partial charge in [-0.1, -0.05) is 30.3 Å². The third kappa shape index (κ3) is 4.80. The second-order valence-corrected chi connectivity index (χ2v) is 8.54. The van der Waals surface area contributed by atoms with Crippen LogP contribution in [0.2, 0.25) is 0 Å². The number of hydrogen-bond donors (Lipinski definition) is 1. The highest BCUT2D eigenvalue weighted by Gasteiger charge is 2.52. The average Bonchev–Trinajstić information content (AvgIpc) is 3.26. The van der Waals surface area contributed by atoms with E-state index in [9.17, 15) is 31.1 Å². The van der Waals surface area contributed by atoms with Gasteiger partial charge in [-0.25, -0.2) is 4.79 Å². The molecule has 178 valence electrons. The topological polar surface area (TPSA) is 47.6 Å². The van der Waals surface area contributed by atoms with Crippen molar-refractivity contribution in [2.24, 2.45) is 0 Å². The van der Waals surface area contributed by atoms with Crippen molar-refractivity contribution >= 4 is 6.09 Å². The van der Waals surface area contributed by atoms with Crippen molar-refractivity contribution in [2.45, 2.75) is 55.8 Å². The molecule has 10 heteroatoms. The fourth-order valence-electron chi connectivity index (χ4n) is 4.58. The van der Waals surface area contributed by atoms with E-state index in [1.54, 1.807) is 0 Å². The first-order valence-corrected chi connectivity index (χ1v) is 10.3. The molecule has 1 saturated heterocycles. The van der Waals surface area contributed by atoms with Crippen LogP contribution in [-0.4, -0.2) is 24.8 Å². The van der Waals surface area contributed by atoms with Crippen molar-refractivity contribution in [1.29, 1.82) is 0 Å². The number of amides is 1. The minimum absolute atomic E-state index is 0.0298. The van der Waals surface area contributed by atoms with Crippen LogP contribution in [0.1, 0.15) is 48.1 Å². The van der Waals surface area contributed by atoms with Crippen molar-refractivity contribution in [2.75, 3.05) is 6.61 Å². The average molecular weight is 473 g/mol. The Hall–Kier alpha value is -2.75. The van der Waals surface area contributed by atoms with Gasteiger partial charge in [0.05, 0.1) is 29.9 Å². The Kier molecular flexibility index (Phi) is 5.84. The van der Waals surface area contributed by atoms with E-state index in [0.717, 1.165) is 5.56 Å². The summed E-state index contributed by atoms with van der Waals surface area (Å²) < 4.78 is 90.5. The quantitative estimate of drug-likeness (QED) is 0.541. The molecule has 1 aliphatic carbocycles. The van der Waals surface area contributed by atoms with Crippen LogP contribution >= 0.6 is 0 Å². The van der Waals surface area contributed by atoms with Gasteiger partial charge < -0.3 is 14.8 Å². The molecule has 0 spiro atoms. The molecule has 0 bridgehead atoms. The summed E-state index contributed by atoms with van der Waals surface area (Å²) in [5.41, 5.74) is -2.71. The van der Waals surface area contributed by atoms with E-state index in [4.69, 9.17) is 9.47 Å². The van der Waals surface area contributed by atoms with E-state index in [0.29, 0.717) is 25.0 Å². The number of ether oxygens (including phenoxy) is 2. The van der Waals surface area contributed by atoms with Gasteiger partial charge in [0.25, 0.3) is 0 Å². The van der Waals surface area contributed by atoms with Crippen molar-refractivity contribution in [3.05, 3.63) is 70.8 Å². The SMILES string of the molecule is C[C@@H](OC[C@]1(c2ccccc2)C[C@@H]2NC(=O)O[C@@H]2C1)c1cc(C(F)(F)F)cc(C(F)(F)F)c1. The molecule has 0 aromatic heterocycles. The second-order valence-electron chi connectivity index (χ2n) is 8.54. The van der Waals surface area contributed by atoms with Crippen LogP contribution in [0.25, 0.3) is 0 Å². The summed E-state index contributed by atoms with van der Waals surface area (Å²) in [6.45, 7) is 1.45. The summed E-state index contributed by atoms with van der Waals surface area (Å²) in [4.78, 5) is 11.5. The normalized spacial score (nSPS) is 26.0. The molecule has 2 aromatic rings. The minimum atomic E-state index is -4.93. The highest BCUT2D eigenvalue weighted by molar-refractivity contribution is 5.70. The molecule has 0 unspecified atom stereocenters. The lowest BCUT2D eigenvalue weighted by atomic mass is 9.79. The van der Waals surface area contributed by atoms with Gasteiger partial charge in [-0.2, -0.15) is 26.3 Å². The number of nitrogens with one attached hydrogen (secondary N) is 1. The molecule has 4 rings (SSSR count). The van der Waals surface area contributed by atoms with E-state index in [1.165, 1.54) is 6.92 Å². The van der Waals surface area contributed by atoms with Crippen LogP contribution in [0, 0.1) is 0 Å². The van der Waals surface area contributed by atoms with E-state index < -0.39 is 41.1 Å². The highest BCUT2D eigenvalue weighted by Crippen LogP contribution is 2.45. The van der Waals surface area contributed by atoms with Crippen molar-refractivity contribution < 1.29 is 40.6 Å². The Balaban J connectivity index is 1.60. The van der Waals surface area contributed by atoms with E-state index in [1.807, 2.05) is 30.3 Å². The third-order valence-electron chi connectivity index (χ3n) is 6.29. The van der Waals surface area contributed by atoms with Gasteiger partial charge in [0.1, 0.15) is 6.10 Å². The fraction of sp³-hybridized carbons (Fsp3) is 0.435. The summed E-state index contributed by atoms with van der Waals surface area (Å²) in [5, 5.41) is 2.74. The number of carbonyl (C=O) groups excluding carboxylic acids is 1. The summed E-state index contributed by atoms with van der Waals surface area (Å²) >= 11 is 0. The number of halogens is 6. The van der Waals surface area contributed by atoms with Gasteiger partial charge in [0, 0.05) is 5.41 Å². The Morgan fingerprint density at radius 2 is 1.64 bits per heavy atom. The molecule has 1 heterocycles. The zero-order valence-electron chi connectivity index (χ0n) is 17.5. The second kappa shape index (κ2) is 8.23. The number of carbonyl (C=O) groups is 1. The highest BCUT2D eigenvalue weighted by atomic mass is 19.4. The van der Waals surface area contributed by atoms with Gasteiger partial charge >= 0.3 is 18.4 Å². The number of alkyl halides is 6. The van der Waals surface area contributed by atoms with Crippen LogP contribution in [-0.2, 0) is 27.2 Å². The maximum absolute atomic E-state index is 13.2. The van der Waals surface area contributed by atoms with Crippen LogP contribution < -0.4 is 5.32 Å². The van der Waals surface area contributed by atoms with Crippen LogP contribution in [0.4, 0.5) is 31.1 Å². The maximum atomic E-state index is 13.2. The summed E-state index contributed by atoms with van der Waals surface area (Å²) in [6.07, 6.45) is -10.9.